The summed E-state index contributed by atoms with van der Waals surface area (Å²) >= 11 is 1.68. The van der Waals surface area contributed by atoms with E-state index in [1.54, 1.807) is 15.9 Å². The quantitative estimate of drug-likeness (QED) is 0.644. The van der Waals surface area contributed by atoms with Gasteiger partial charge in [0.15, 0.2) is 0 Å². The van der Waals surface area contributed by atoms with E-state index in [4.69, 9.17) is 4.98 Å². The van der Waals surface area contributed by atoms with E-state index < -0.39 is 0 Å². The van der Waals surface area contributed by atoms with Crippen LogP contribution in [0.5, 0.6) is 0 Å². The lowest BCUT2D eigenvalue weighted by Gasteiger charge is -2.18. The first-order valence-corrected chi connectivity index (χ1v) is 12.1. The van der Waals surface area contributed by atoms with E-state index in [1.807, 2.05) is 30.3 Å². The molecule has 0 saturated carbocycles. The van der Waals surface area contributed by atoms with Gasteiger partial charge < -0.3 is 5.32 Å². The summed E-state index contributed by atoms with van der Waals surface area (Å²) in [6.07, 6.45) is 6.63. The summed E-state index contributed by atoms with van der Waals surface area (Å²) in [4.78, 5) is 35.8. The van der Waals surface area contributed by atoms with Crippen molar-refractivity contribution in [2.45, 2.75) is 58.2 Å². The maximum Gasteiger partial charge on any atom is 0.263 e. The van der Waals surface area contributed by atoms with E-state index in [0.717, 1.165) is 48.1 Å². The van der Waals surface area contributed by atoms with Crippen molar-refractivity contribution < 1.29 is 4.79 Å². The molecular weight excluding hydrogens is 408 g/mol. The SMILES string of the molecule is O=C(Cn1c(CN2CCCC2)nc2sc3c(c2c1=O)CCCC3)NCc1ccccc1. The number of aromatic nitrogens is 2. The van der Waals surface area contributed by atoms with Crippen LogP contribution in [0.25, 0.3) is 10.2 Å². The zero-order valence-corrected chi connectivity index (χ0v) is 18.5. The predicted molar refractivity (Wildman–Crippen MR) is 123 cm³/mol. The Bertz CT molecular complexity index is 1150. The molecule has 6 nitrogen and oxygen atoms in total. The van der Waals surface area contributed by atoms with Crippen LogP contribution in [-0.4, -0.2) is 33.4 Å². The number of rotatable bonds is 6. The van der Waals surface area contributed by atoms with Gasteiger partial charge in [0.1, 0.15) is 17.2 Å². The van der Waals surface area contributed by atoms with Gasteiger partial charge in [0.05, 0.1) is 11.9 Å². The summed E-state index contributed by atoms with van der Waals surface area (Å²) in [5.41, 5.74) is 2.17. The summed E-state index contributed by atoms with van der Waals surface area (Å²) in [7, 11) is 0. The first-order chi connectivity index (χ1) is 15.2. The zero-order valence-electron chi connectivity index (χ0n) is 17.7. The molecule has 1 aliphatic heterocycles. The Kier molecular flexibility index (Phi) is 5.87. The normalized spacial score (nSPS) is 16.5. The van der Waals surface area contributed by atoms with Gasteiger partial charge in [0.25, 0.3) is 5.56 Å². The van der Waals surface area contributed by atoms with Crippen molar-refractivity contribution in [3.63, 3.8) is 0 Å². The highest BCUT2D eigenvalue weighted by Crippen LogP contribution is 2.34. The number of amides is 1. The Hall–Kier alpha value is -2.51. The second-order valence-corrected chi connectivity index (χ2v) is 9.64. The molecule has 0 atom stereocenters. The van der Waals surface area contributed by atoms with Crippen LogP contribution in [-0.2, 0) is 37.3 Å². The molecule has 1 aliphatic carbocycles. The molecule has 1 aromatic carbocycles. The summed E-state index contributed by atoms with van der Waals surface area (Å²) in [6, 6.07) is 9.83. The van der Waals surface area contributed by atoms with Crippen LogP contribution < -0.4 is 10.9 Å². The fourth-order valence-corrected chi connectivity index (χ4v) is 5.97. The number of carbonyl (C=O) groups is 1. The smallest absolute Gasteiger partial charge is 0.263 e. The number of nitrogens with zero attached hydrogens (tertiary/aromatic N) is 3. The Morgan fingerprint density at radius 3 is 2.65 bits per heavy atom. The minimum absolute atomic E-state index is 0.0163. The number of thiophene rings is 1. The third-order valence-electron chi connectivity index (χ3n) is 6.35. The first kappa shape index (κ1) is 20.4. The van der Waals surface area contributed by atoms with Crippen molar-refractivity contribution in [2.24, 2.45) is 0 Å². The Morgan fingerprint density at radius 1 is 1.06 bits per heavy atom. The number of hydrogen-bond donors (Lipinski definition) is 1. The molecule has 0 unspecified atom stereocenters. The summed E-state index contributed by atoms with van der Waals surface area (Å²) in [5.74, 6) is 0.562. The van der Waals surface area contributed by atoms with E-state index in [-0.39, 0.29) is 18.0 Å². The van der Waals surface area contributed by atoms with Crippen molar-refractivity contribution in [1.29, 1.82) is 0 Å². The van der Waals surface area contributed by atoms with Gasteiger partial charge in [-0.15, -0.1) is 11.3 Å². The fraction of sp³-hybridized carbons (Fsp3) is 0.458. The standard InChI is InChI=1S/C24H28N4O2S/c29-21(25-14-17-8-2-1-3-9-17)16-28-20(15-27-12-6-7-13-27)26-23-22(24(28)30)18-10-4-5-11-19(18)31-23/h1-3,8-9H,4-7,10-16H2,(H,25,29). The summed E-state index contributed by atoms with van der Waals surface area (Å²) < 4.78 is 1.63. The molecule has 0 radical (unpaired) electrons. The molecule has 5 rings (SSSR count). The van der Waals surface area contributed by atoms with Gasteiger partial charge in [-0.3, -0.25) is 19.1 Å². The second-order valence-electron chi connectivity index (χ2n) is 8.56. The van der Waals surface area contributed by atoms with Gasteiger partial charge in [0.2, 0.25) is 5.91 Å². The van der Waals surface area contributed by atoms with Gasteiger partial charge in [-0.05, 0) is 62.7 Å². The third-order valence-corrected chi connectivity index (χ3v) is 7.54. The van der Waals surface area contributed by atoms with Crippen LogP contribution in [0.1, 0.15) is 47.5 Å². The van der Waals surface area contributed by atoms with Crippen LogP contribution in [0.3, 0.4) is 0 Å². The van der Waals surface area contributed by atoms with Gasteiger partial charge in [-0.1, -0.05) is 30.3 Å². The van der Waals surface area contributed by atoms with Gasteiger partial charge in [-0.2, -0.15) is 0 Å². The molecule has 1 amide bonds. The molecule has 0 bridgehead atoms. The van der Waals surface area contributed by atoms with Crippen molar-refractivity contribution in [3.8, 4) is 0 Å². The van der Waals surface area contributed by atoms with E-state index in [1.165, 1.54) is 29.7 Å². The van der Waals surface area contributed by atoms with Crippen LogP contribution in [0.4, 0.5) is 0 Å². The first-order valence-electron chi connectivity index (χ1n) is 11.3. The van der Waals surface area contributed by atoms with E-state index in [9.17, 15) is 9.59 Å². The highest BCUT2D eigenvalue weighted by atomic mass is 32.1. The number of nitrogens with one attached hydrogen (secondary N) is 1. The number of fused-ring (bicyclic) bond motifs is 3. The fourth-order valence-electron chi connectivity index (χ4n) is 4.70. The van der Waals surface area contributed by atoms with Gasteiger partial charge >= 0.3 is 0 Å². The lowest BCUT2D eigenvalue weighted by molar-refractivity contribution is -0.121. The minimum Gasteiger partial charge on any atom is -0.350 e. The predicted octanol–water partition coefficient (Wildman–Crippen LogP) is 3.25. The molecule has 1 fully saturated rings. The Morgan fingerprint density at radius 2 is 1.84 bits per heavy atom. The number of likely N-dealkylation sites (tertiary alicyclic amines) is 1. The van der Waals surface area contributed by atoms with Crippen molar-refractivity contribution in [2.75, 3.05) is 13.1 Å². The molecule has 3 aromatic rings. The average molecular weight is 437 g/mol. The molecule has 2 aliphatic rings. The number of aryl methyl sites for hydroxylation is 2. The largest absolute Gasteiger partial charge is 0.350 e. The number of benzene rings is 1. The molecule has 1 N–H and O–H groups in total. The van der Waals surface area contributed by atoms with Crippen LogP contribution in [0.15, 0.2) is 35.1 Å². The Labute approximate surface area is 185 Å². The lowest BCUT2D eigenvalue weighted by atomic mass is 9.97. The minimum atomic E-state index is -0.154. The third kappa shape index (κ3) is 4.29. The Balaban J connectivity index is 1.46. The molecule has 2 aromatic heterocycles. The van der Waals surface area contributed by atoms with Crippen molar-refractivity contribution >= 4 is 27.5 Å². The zero-order chi connectivity index (χ0) is 21.2. The topological polar surface area (TPSA) is 67.2 Å². The van der Waals surface area contributed by atoms with Crippen LogP contribution in [0.2, 0.25) is 0 Å². The van der Waals surface area contributed by atoms with Crippen LogP contribution in [0, 0.1) is 0 Å². The molecule has 7 heteroatoms. The average Bonchev–Trinajstić information content (AvgIpc) is 3.43. The monoisotopic (exact) mass is 436 g/mol. The molecule has 31 heavy (non-hydrogen) atoms. The summed E-state index contributed by atoms with van der Waals surface area (Å²) in [5, 5.41) is 3.71. The van der Waals surface area contributed by atoms with E-state index >= 15 is 0 Å². The van der Waals surface area contributed by atoms with Crippen molar-refractivity contribution in [3.05, 3.63) is 62.5 Å². The number of hydrogen-bond acceptors (Lipinski definition) is 5. The molecule has 0 spiro atoms. The molecule has 1 saturated heterocycles. The number of carbonyl (C=O) groups excluding carboxylic acids is 1. The maximum atomic E-state index is 13.6. The van der Waals surface area contributed by atoms with Gasteiger partial charge in [-0.25, -0.2) is 4.98 Å². The van der Waals surface area contributed by atoms with E-state index in [0.29, 0.717) is 18.9 Å². The van der Waals surface area contributed by atoms with Crippen LogP contribution >= 0.6 is 11.3 Å². The molecule has 162 valence electrons. The lowest BCUT2D eigenvalue weighted by Crippen LogP contribution is -2.36. The molecule has 3 heterocycles. The molecular formula is C24H28N4O2S. The van der Waals surface area contributed by atoms with E-state index in [2.05, 4.69) is 10.2 Å². The maximum absolute atomic E-state index is 13.6. The highest BCUT2D eigenvalue weighted by molar-refractivity contribution is 7.18. The highest BCUT2D eigenvalue weighted by Gasteiger charge is 2.24. The second kappa shape index (κ2) is 8.93. The van der Waals surface area contributed by atoms with Crippen molar-refractivity contribution in [1.82, 2.24) is 19.8 Å². The summed E-state index contributed by atoms with van der Waals surface area (Å²) in [6.45, 7) is 3.14. The van der Waals surface area contributed by atoms with Gasteiger partial charge in [0, 0.05) is 11.4 Å².